The molecule has 0 saturated carbocycles. The van der Waals surface area contributed by atoms with E-state index in [-0.39, 0.29) is 5.56 Å². The molecule has 3 nitrogen and oxygen atoms in total. The highest BCUT2D eigenvalue weighted by Gasteiger charge is 2.13. The third-order valence-corrected chi connectivity index (χ3v) is 4.31. The third-order valence-electron chi connectivity index (χ3n) is 4.31. The summed E-state index contributed by atoms with van der Waals surface area (Å²) >= 11 is 0. The molecule has 0 aliphatic heterocycles. The molecule has 4 aromatic rings. The molecule has 1 heterocycles. The number of rotatable bonds is 3. The summed E-state index contributed by atoms with van der Waals surface area (Å²) in [6.07, 6.45) is 0. The van der Waals surface area contributed by atoms with Crippen LogP contribution in [0.25, 0.3) is 27.7 Å². The molecule has 0 N–H and O–H groups in total. The van der Waals surface area contributed by atoms with E-state index in [0.717, 1.165) is 27.9 Å². The van der Waals surface area contributed by atoms with Gasteiger partial charge in [-0.1, -0.05) is 48.5 Å². The molecule has 1 aromatic heterocycles. The van der Waals surface area contributed by atoms with Gasteiger partial charge in [0.15, 0.2) is 0 Å². The zero-order valence-corrected chi connectivity index (χ0v) is 13.8. The van der Waals surface area contributed by atoms with Crippen LogP contribution in [-0.4, -0.2) is 11.7 Å². The van der Waals surface area contributed by atoms with E-state index < -0.39 is 0 Å². The summed E-state index contributed by atoms with van der Waals surface area (Å²) < 4.78 is 7.12. The van der Waals surface area contributed by atoms with Crippen molar-refractivity contribution in [3.8, 4) is 22.6 Å². The number of aromatic nitrogens is 1. The Labute approximate surface area is 145 Å². The Balaban J connectivity index is 2.11. The molecule has 4 rings (SSSR count). The van der Waals surface area contributed by atoms with Gasteiger partial charge in [-0.25, -0.2) is 0 Å². The summed E-state index contributed by atoms with van der Waals surface area (Å²) in [5, 5.41) is 0.960. The van der Waals surface area contributed by atoms with Gasteiger partial charge in [-0.15, -0.1) is 0 Å². The molecule has 122 valence electrons. The smallest absolute Gasteiger partial charge is 0.263 e. The van der Waals surface area contributed by atoms with Gasteiger partial charge >= 0.3 is 0 Å². The molecule has 25 heavy (non-hydrogen) atoms. The van der Waals surface area contributed by atoms with E-state index in [9.17, 15) is 4.79 Å². The first-order valence-electron chi connectivity index (χ1n) is 8.12. The second kappa shape index (κ2) is 6.29. The summed E-state index contributed by atoms with van der Waals surface area (Å²) in [4.78, 5) is 13.3. The molecule has 3 aromatic carbocycles. The van der Waals surface area contributed by atoms with Crippen molar-refractivity contribution in [3.05, 3.63) is 95.3 Å². The molecule has 3 heteroatoms. The van der Waals surface area contributed by atoms with Crippen LogP contribution in [0.2, 0.25) is 0 Å². The number of methoxy groups -OCH3 is 1. The lowest BCUT2D eigenvalue weighted by Crippen LogP contribution is -2.20. The van der Waals surface area contributed by atoms with E-state index in [4.69, 9.17) is 4.74 Å². The highest BCUT2D eigenvalue weighted by Crippen LogP contribution is 2.26. The first-order valence-corrected chi connectivity index (χ1v) is 8.12. The maximum Gasteiger partial charge on any atom is 0.263 e. The Bertz CT molecular complexity index is 1080. The molecule has 0 saturated heterocycles. The third kappa shape index (κ3) is 2.70. The van der Waals surface area contributed by atoms with E-state index in [1.807, 2.05) is 84.9 Å². The number of benzene rings is 3. The van der Waals surface area contributed by atoms with Crippen LogP contribution < -0.4 is 10.3 Å². The largest absolute Gasteiger partial charge is 0.497 e. The van der Waals surface area contributed by atoms with Gasteiger partial charge in [0.1, 0.15) is 5.75 Å². The first kappa shape index (κ1) is 15.2. The fourth-order valence-corrected chi connectivity index (χ4v) is 3.08. The maximum absolute atomic E-state index is 13.3. The van der Waals surface area contributed by atoms with Crippen molar-refractivity contribution in [2.24, 2.45) is 0 Å². The molecular formula is C22H17NO2. The van der Waals surface area contributed by atoms with E-state index in [1.165, 1.54) is 0 Å². The molecule has 0 spiro atoms. The lowest BCUT2D eigenvalue weighted by Gasteiger charge is -2.14. The average molecular weight is 327 g/mol. The zero-order valence-electron chi connectivity index (χ0n) is 13.8. The molecule has 0 amide bonds. The number of pyridine rings is 1. The Hall–Kier alpha value is -3.33. The van der Waals surface area contributed by atoms with Crippen molar-refractivity contribution in [1.29, 1.82) is 0 Å². The number of hydrogen-bond donors (Lipinski definition) is 0. The normalized spacial score (nSPS) is 10.8. The van der Waals surface area contributed by atoms with Crippen LogP contribution in [0.1, 0.15) is 0 Å². The topological polar surface area (TPSA) is 31.2 Å². The number of para-hydroxylation sites is 1. The van der Waals surface area contributed by atoms with Crippen molar-refractivity contribution >= 4 is 10.9 Å². The van der Waals surface area contributed by atoms with Gasteiger partial charge < -0.3 is 4.74 Å². The van der Waals surface area contributed by atoms with E-state index in [1.54, 1.807) is 11.7 Å². The Morgan fingerprint density at radius 3 is 2.16 bits per heavy atom. The van der Waals surface area contributed by atoms with Gasteiger partial charge in [0.25, 0.3) is 5.56 Å². The summed E-state index contributed by atoms with van der Waals surface area (Å²) in [5.41, 5.74) is 3.25. The van der Waals surface area contributed by atoms with Crippen LogP contribution in [0.5, 0.6) is 5.75 Å². The number of fused-ring (bicyclic) bond motifs is 1. The van der Waals surface area contributed by atoms with Crippen LogP contribution >= 0.6 is 0 Å². The summed E-state index contributed by atoms with van der Waals surface area (Å²) in [6, 6.07) is 27.2. The van der Waals surface area contributed by atoms with Crippen LogP contribution in [0, 0.1) is 0 Å². The van der Waals surface area contributed by atoms with Gasteiger partial charge in [0, 0.05) is 16.6 Å². The standard InChI is InChI=1S/C22H17NO2/c1-25-19-12-13-21-17(14-19)15-20(16-8-4-2-5-9-16)22(24)23(21)18-10-6-3-7-11-18/h2-15H,1H3. The van der Waals surface area contributed by atoms with Crippen LogP contribution in [0.4, 0.5) is 0 Å². The van der Waals surface area contributed by atoms with Crippen LogP contribution in [0.3, 0.4) is 0 Å². The van der Waals surface area contributed by atoms with Gasteiger partial charge in [-0.3, -0.25) is 9.36 Å². The Kier molecular flexibility index (Phi) is 3.82. The monoisotopic (exact) mass is 327 g/mol. The number of hydrogen-bond acceptors (Lipinski definition) is 2. The van der Waals surface area contributed by atoms with E-state index in [2.05, 4.69) is 0 Å². The zero-order chi connectivity index (χ0) is 17.2. The van der Waals surface area contributed by atoms with Crippen molar-refractivity contribution in [2.45, 2.75) is 0 Å². The quantitative estimate of drug-likeness (QED) is 0.548. The molecule has 0 aliphatic carbocycles. The average Bonchev–Trinajstić information content (AvgIpc) is 2.68. The van der Waals surface area contributed by atoms with Gasteiger partial charge in [0.2, 0.25) is 0 Å². The van der Waals surface area contributed by atoms with Gasteiger partial charge in [0.05, 0.1) is 12.6 Å². The Morgan fingerprint density at radius 1 is 0.800 bits per heavy atom. The van der Waals surface area contributed by atoms with Crippen LogP contribution in [0.15, 0.2) is 89.7 Å². The summed E-state index contributed by atoms with van der Waals surface area (Å²) in [7, 11) is 1.65. The highest BCUT2D eigenvalue weighted by atomic mass is 16.5. The molecular weight excluding hydrogens is 310 g/mol. The summed E-state index contributed by atoms with van der Waals surface area (Å²) in [6.45, 7) is 0. The molecule has 0 bridgehead atoms. The molecule has 0 aliphatic rings. The molecule has 0 atom stereocenters. The number of nitrogens with zero attached hydrogens (tertiary/aromatic N) is 1. The van der Waals surface area contributed by atoms with Crippen molar-refractivity contribution in [1.82, 2.24) is 4.57 Å². The predicted molar refractivity (Wildman–Crippen MR) is 102 cm³/mol. The molecule has 0 radical (unpaired) electrons. The lowest BCUT2D eigenvalue weighted by molar-refractivity contribution is 0.415. The Morgan fingerprint density at radius 2 is 1.48 bits per heavy atom. The minimum atomic E-state index is -0.0323. The molecule has 0 unspecified atom stereocenters. The lowest BCUT2D eigenvalue weighted by atomic mass is 10.0. The van der Waals surface area contributed by atoms with Crippen LogP contribution in [-0.2, 0) is 0 Å². The SMILES string of the molecule is COc1ccc2c(c1)cc(-c1ccccc1)c(=O)n2-c1ccccc1. The molecule has 0 fully saturated rings. The van der Waals surface area contributed by atoms with E-state index in [0.29, 0.717) is 5.56 Å². The fraction of sp³-hybridized carbons (Fsp3) is 0.0455. The first-order chi connectivity index (χ1) is 12.3. The summed E-state index contributed by atoms with van der Waals surface area (Å²) in [5.74, 6) is 0.768. The second-order valence-electron chi connectivity index (χ2n) is 5.82. The van der Waals surface area contributed by atoms with Gasteiger partial charge in [-0.2, -0.15) is 0 Å². The fourth-order valence-electron chi connectivity index (χ4n) is 3.08. The minimum Gasteiger partial charge on any atom is -0.497 e. The second-order valence-corrected chi connectivity index (χ2v) is 5.82. The van der Waals surface area contributed by atoms with Crippen molar-refractivity contribution in [2.75, 3.05) is 7.11 Å². The van der Waals surface area contributed by atoms with Crippen molar-refractivity contribution < 1.29 is 4.74 Å². The minimum absolute atomic E-state index is 0.0323. The number of ether oxygens (including phenoxy) is 1. The predicted octanol–water partition coefficient (Wildman–Crippen LogP) is 4.67. The van der Waals surface area contributed by atoms with E-state index >= 15 is 0 Å². The maximum atomic E-state index is 13.3. The van der Waals surface area contributed by atoms with Gasteiger partial charge in [-0.05, 0) is 42.0 Å². The van der Waals surface area contributed by atoms with Crippen molar-refractivity contribution in [3.63, 3.8) is 0 Å². The highest BCUT2D eigenvalue weighted by molar-refractivity contribution is 5.86.